The van der Waals surface area contributed by atoms with Gasteiger partial charge in [0, 0.05) is 18.9 Å². The molecule has 0 aromatic heterocycles. The first kappa shape index (κ1) is 30.3. The van der Waals surface area contributed by atoms with Crippen molar-refractivity contribution in [2.75, 3.05) is 7.11 Å². The molecule has 0 radical (unpaired) electrons. The maximum Gasteiger partial charge on any atom is 0.338 e. The van der Waals surface area contributed by atoms with E-state index in [1.165, 1.54) is 4.90 Å². The topological polar surface area (TPSA) is 94.5 Å². The van der Waals surface area contributed by atoms with Gasteiger partial charge in [0.1, 0.15) is 17.0 Å². The molecule has 0 saturated carbocycles. The molecule has 6 atom stereocenters. The number of allylic oxidation sites excluding steroid dienone is 1. The highest BCUT2D eigenvalue weighted by Gasteiger charge is 2.78. The van der Waals surface area contributed by atoms with E-state index in [0.717, 1.165) is 24.0 Å². The van der Waals surface area contributed by atoms with E-state index in [1.54, 1.807) is 34.8 Å². The third-order valence-electron chi connectivity index (χ3n) is 8.83. The summed E-state index contributed by atoms with van der Waals surface area (Å²) in [5.41, 5.74) is -2.33. The van der Waals surface area contributed by atoms with Crippen LogP contribution in [0.15, 0.2) is 66.7 Å². The lowest BCUT2D eigenvalue weighted by molar-refractivity contribution is -0.234. The average Bonchev–Trinajstić information content (AvgIpc) is 3.40. The van der Waals surface area contributed by atoms with Gasteiger partial charge in [-0.25, -0.2) is 4.79 Å². The van der Waals surface area contributed by atoms with Crippen LogP contribution in [0.4, 0.5) is 0 Å². The normalized spacial score (nSPS) is 29.8. The summed E-state index contributed by atoms with van der Waals surface area (Å²) in [5.74, 6) is -1.32. The quantitative estimate of drug-likeness (QED) is 0.325. The zero-order chi connectivity index (χ0) is 30.1. The maximum atomic E-state index is 14.6. The Bertz CT molecular complexity index is 1290. The first-order chi connectivity index (χ1) is 20.0. The smallest absolute Gasteiger partial charge is 0.338 e. The van der Waals surface area contributed by atoms with Crippen LogP contribution in [-0.4, -0.2) is 58.1 Å². The number of amides is 1. The van der Waals surface area contributed by atoms with Crippen LogP contribution in [0.3, 0.4) is 0 Å². The van der Waals surface area contributed by atoms with Crippen LogP contribution in [0.25, 0.3) is 0 Å². The van der Waals surface area contributed by atoms with Gasteiger partial charge in [-0.15, -0.1) is 0 Å². The number of fused-ring (bicyclic) bond motifs is 1. The van der Waals surface area contributed by atoms with E-state index in [1.807, 2.05) is 66.7 Å². The second kappa shape index (κ2) is 11.8. The summed E-state index contributed by atoms with van der Waals surface area (Å²) in [6.45, 7) is 7.53. The third kappa shape index (κ3) is 5.48. The first-order valence-corrected chi connectivity index (χ1v) is 14.9. The van der Waals surface area contributed by atoms with Crippen molar-refractivity contribution in [3.05, 3.63) is 77.9 Å². The predicted molar refractivity (Wildman–Crippen MR) is 157 cm³/mol. The molecular formula is C34H43NO7. The highest BCUT2D eigenvalue weighted by Crippen LogP contribution is 2.57. The lowest BCUT2D eigenvalue weighted by Crippen LogP contribution is -2.72. The van der Waals surface area contributed by atoms with Crippen LogP contribution < -0.4 is 4.74 Å². The number of carbonyl (C=O) groups excluding carboxylic acids is 2. The summed E-state index contributed by atoms with van der Waals surface area (Å²) in [4.78, 5) is 30.6. The van der Waals surface area contributed by atoms with Crippen molar-refractivity contribution in [2.24, 2.45) is 11.8 Å². The van der Waals surface area contributed by atoms with E-state index < -0.39 is 41.0 Å². The van der Waals surface area contributed by atoms with Gasteiger partial charge in [0.2, 0.25) is 5.91 Å². The molecule has 2 aliphatic heterocycles. The van der Waals surface area contributed by atoms with Crippen molar-refractivity contribution in [3.8, 4) is 5.75 Å². The molecule has 226 valence electrons. The summed E-state index contributed by atoms with van der Waals surface area (Å²) < 4.78 is 24.2. The summed E-state index contributed by atoms with van der Waals surface area (Å²) in [7, 11) is 1.59. The van der Waals surface area contributed by atoms with Crippen LogP contribution in [0.5, 0.6) is 5.75 Å². The monoisotopic (exact) mass is 577 g/mol. The van der Waals surface area contributed by atoms with Crippen molar-refractivity contribution in [1.29, 1.82) is 0 Å². The Morgan fingerprint density at radius 1 is 1.12 bits per heavy atom. The molecule has 3 aliphatic rings. The highest BCUT2D eigenvalue weighted by atomic mass is 16.7. The van der Waals surface area contributed by atoms with Crippen LogP contribution in [0, 0.1) is 11.8 Å². The summed E-state index contributed by atoms with van der Waals surface area (Å²) in [5, 5.41) is 12.4. The Hall–Kier alpha value is -3.20. The number of benzene rings is 2. The molecule has 0 unspecified atom stereocenters. The van der Waals surface area contributed by atoms with Gasteiger partial charge in [-0.2, -0.15) is 0 Å². The molecular weight excluding hydrogens is 534 g/mol. The average molecular weight is 578 g/mol. The molecule has 2 fully saturated rings. The number of rotatable bonds is 9. The van der Waals surface area contributed by atoms with E-state index in [4.69, 9.17) is 18.9 Å². The molecule has 1 amide bonds. The minimum atomic E-state index is -1.82. The molecule has 8 nitrogen and oxygen atoms in total. The maximum absolute atomic E-state index is 14.6. The van der Waals surface area contributed by atoms with Gasteiger partial charge >= 0.3 is 5.97 Å². The van der Waals surface area contributed by atoms with Gasteiger partial charge in [-0.3, -0.25) is 4.79 Å². The molecule has 0 bridgehead atoms. The highest BCUT2D eigenvalue weighted by molar-refractivity contribution is 5.97. The van der Waals surface area contributed by atoms with Crippen molar-refractivity contribution in [1.82, 2.24) is 4.90 Å². The van der Waals surface area contributed by atoms with E-state index >= 15 is 0 Å². The van der Waals surface area contributed by atoms with Gasteiger partial charge in [-0.05, 0) is 70.2 Å². The van der Waals surface area contributed by atoms with Gasteiger partial charge in [0.15, 0.2) is 11.8 Å². The van der Waals surface area contributed by atoms with Crippen molar-refractivity contribution < 1.29 is 33.6 Å². The number of ether oxygens (including phenoxy) is 4. The van der Waals surface area contributed by atoms with Crippen molar-refractivity contribution in [3.63, 3.8) is 0 Å². The fourth-order valence-electron chi connectivity index (χ4n) is 6.78. The van der Waals surface area contributed by atoms with Gasteiger partial charge in [-0.1, -0.05) is 54.6 Å². The number of methoxy groups -OCH3 is 1. The predicted octanol–water partition coefficient (Wildman–Crippen LogP) is 5.17. The van der Waals surface area contributed by atoms with E-state index in [-0.39, 0.29) is 24.8 Å². The summed E-state index contributed by atoms with van der Waals surface area (Å²) in [6.07, 6.45) is 4.72. The number of esters is 1. The number of nitrogens with zero attached hydrogens (tertiary/aromatic N) is 1. The molecule has 8 heteroatoms. The van der Waals surface area contributed by atoms with Crippen LogP contribution in [0.1, 0.15) is 64.5 Å². The van der Waals surface area contributed by atoms with Crippen molar-refractivity contribution in [2.45, 2.75) is 95.7 Å². The van der Waals surface area contributed by atoms with Crippen molar-refractivity contribution >= 4 is 11.9 Å². The van der Waals surface area contributed by atoms with Crippen LogP contribution >= 0.6 is 0 Å². The Morgan fingerprint density at radius 2 is 1.83 bits per heavy atom. The Labute approximate surface area is 248 Å². The fraction of sp³-hybridized carbons (Fsp3) is 0.529. The van der Waals surface area contributed by atoms with Gasteiger partial charge < -0.3 is 29.0 Å². The number of carbonyl (C=O) groups is 2. The number of likely N-dealkylation sites (tertiary alicyclic amines) is 1. The molecule has 2 aromatic carbocycles. The third-order valence-corrected chi connectivity index (χ3v) is 8.83. The molecule has 1 aliphatic carbocycles. The van der Waals surface area contributed by atoms with Gasteiger partial charge in [0.05, 0.1) is 25.7 Å². The summed E-state index contributed by atoms with van der Waals surface area (Å²) in [6, 6.07) is 17.1. The fourth-order valence-corrected chi connectivity index (χ4v) is 6.78. The molecule has 2 heterocycles. The molecule has 1 N–H and O–H groups in total. The lowest BCUT2D eigenvalue weighted by atomic mass is 9.68. The zero-order valence-corrected chi connectivity index (χ0v) is 25.2. The van der Waals surface area contributed by atoms with E-state index in [9.17, 15) is 14.7 Å². The van der Waals surface area contributed by atoms with Crippen LogP contribution in [-0.2, 0) is 37.0 Å². The van der Waals surface area contributed by atoms with Crippen LogP contribution in [0.2, 0.25) is 0 Å². The first-order valence-electron chi connectivity index (χ1n) is 14.9. The van der Waals surface area contributed by atoms with E-state index in [2.05, 4.69) is 0 Å². The lowest BCUT2D eigenvalue weighted by Gasteiger charge is -2.50. The number of aliphatic hydroxyl groups is 1. The minimum absolute atomic E-state index is 0.0978. The standard InChI is InChI=1S/C34H43NO7/c1-32(2,3)42-31(38)34(29(36)25-14-10-7-11-15-25)33(4)27(20-28(41-33)40-22-24-12-8-6-9-13-24)30(37)35(34)21-23-16-18-26(39-5)19-17-23/h6,8-10,12-14,16-19,25,27-29,36H,7,11,15,20-22H2,1-5H3/t25-,27+,28+,29+,33-,34-/m0/s1. The zero-order valence-electron chi connectivity index (χ0n) is 25.2. The second-order valence-corrected chi connectivity index (χ2v) is 12.7. The largest absolute Gasteiger partial charge is 0.497 e. The second-order valence-electron chi connectivity index (χ2n) is 12.7. The van der Waals surface area contributed by atoms with Gasteiger partial charge in [0.25, 0.3) is 0 Å². The molecule has 42 heavy (non-hydrogen) atoms. The molecule has 2 aromatic rings. The number of aliphatic hydroxyl groups excluding tert-OH is 1. The molecule has 0 spiro atoms. The SMILES string of the molecule is COc1ccc(CN2C(=O)[C@H]3C[C@H](OCc4ccccc4)O[C@]3(C)[C@@]2(C(=O)OC(C)(C)C)[C@H](O)[C@H]2C=CCCC2)cc1. The Morgan fingerprint density at radius 3 is 2.45 bits per heavy atom. The Kier molecular flexibility index (Phi) is 8.52. The van der Waals surface area contributed by atoms with E-state index in [0.29, 0.717) is 18.8 Å². The Balaban J connectivity index is 1.58. The molecule has 2 saturated heterocycles. The summed E-state index contributed by atoms with van der Waals surface area (Å²) >= 11 is 0. The number of hydrogen-bond donors (Lipinski definition) is 1. The number of hydrogen-bond acceptors (Lipinski definition) is 7. The minimum Gasteiger partial charge on any atom is -0.497 e. The molecule has 5 rings (SSSR count).